The van der Waals surface area contributed by atoms with Crippen LogP contribution in [0.25, 0.3) is 0 Å². The molecule has 0 amide bonds. The number of thioether (sulfide) groups is 1. The van der Waals surface area contributed by atoms with Gasteiger partial charge in [-0.15, -0.1) is 0 Å². The SMILES string of the molecule is CSCC(C)(O)CNc1ccc(C(C)(C)C)cn1. The van der Waals surface area contributed by atoms with Crippen LogP contribution in [0.4, 0.5) is 5.82 Å². The lowest BCUT2D eigenvalue weighted by Crippen LogP contribution is -2.36. The van der Waals surface area contributed by atoms with Gasteiger partial charge in [0, 0.05) is 18.5 Å². The summed E-state index contributed by atoms with van der Waals surface area (Å²) in [5, 5.41) is 13.2. The maximum atomic E-state index is 10.0. The van der Waals surface area contributed by atoms with Gasteiger partial charge in [-0.25, -0.2) is 4.98 Å². The molecule has 1 rings (SSSR count). The number of hydrogen-bond acceptors (Lipinski definition) is 4. The maximum absolute atomic E-state index is 10.0. The molecule has 0 spiro atoms. The van der Waals surface area contributed by atoms with E-state index in [1.54, 1.807) is 11.8 Å². The molecule has 1 unspecified atom stereocenters. The second kappa shape index (κ2) is 5.93. The quantitative estimate of drug-likeness (QED) is 0.862. The van der Waals surface area contributed by atoms with Crippen LogP contribution in [0.3, 0.4) is 0 Å². The highest BCUT2D eigenvalue weighted by molar-refractivity contribution is 7.98. The number of nitrogens with zero attached hydrogens (tertiary/aromatic N) is 1. The Bertz CT molecular complexity index is 368. The molecule has 1 atom stereocenters. The number of pyridine rings is 1. The van der Waals surface area contributed by atoms with Crippen LogP contribution in [0.5, 0.6) is 0 Å². The molecular formula is C14H24N2OS. The lowest BCUT2D eigenvalue weighted by atomic mass is 9.88. The van der Waals surface area contributed by atoms with Gasteiger partial charge in [-0.3, -0.25) is 0 Å². The van der Waals surface area contributed by atoms with Crippen molar-refractivity contribution in [2.45, 2.75) is 38.7 Å². The summed E-state index contributed by atoms with van der Waals surface area (Å²) in [6.45, 7) is 8.84. The lowest BCUT2D eigenvalue weighted by molar-refractivity contribution is 0.0996. The van der Waals surface area contributed by atoms with Crippen molar-refractivity contribution in [1.29, 1.82) is 0 Å². The van der Waals surface area contributed by atoms with Gasteiger partial charge in [-0.1, -0.05) is 26.8 Å². The number of aliphatic hydroxyl groups is 1. The molecule has 1 heterocycles. The molecule has 0 saturated heterocycles. The third kappa shape index (κ3) is 4.86. The average molecular weight is 268 g/mol. The minimum atomic E-state index is -0.705. The second-order valence-electron chi connectivity index (χ2n) is 5.97. The third-order valence-electron chi connectivity index (χ3n) is 2.74. The minimum absolute atomic E-state index is 0.121. The van der Waals surface area contributed by atoms with Crippen LogP contribution in [-0.2, 0) is 5.41 Å². The van der Waals surface area contributed by atoms with E-state index >= 15 is 0 Å². The zero-order valence-corrected chi connectivity index (χ0v) is 12.8. The summed E-state index contributed by atoms with van der Waals surface area (Å²) >= 11 is 1.64. The highest BCUT2D eigenvalue weighted by atomic mass is 32.2. The van der Waals surface area contributed by atoms with Crippen molar-refractivity contribution < 1.29 is 5.11 Å². The number of rotatable bonds is 5. The lowest BCUT2D eigenvalue weighted by Gasteiger charge is -2.23. The molecule has 0 aliphatic carbocycles. The number of nitrogens with one attached hydrogen (secondary N) is 1. The van der Waals surface area contributed by atoms with Gasteiger partial charge in [0.25, 0.3) is 0 Å². The average Bonchev–Trinajstić information content (AvgIpc) is 2.26. The summed E-state index contributed by atoms with van der Waals surface area (Å²) in [5.41, 5.74) is 0.628. The first-order valence-electron chi connectivity index (χ1n) is 6.16. The molecule has 0 radical (unpaired) electrons. The molecule has 2 N–H and O–H groups in total. The Kier molecular flexibility index (Phi) is 5.05. The van der Waals surface area contributed by atoms with Crippen molar-refractivity contribution in [3.63, 3.8) is 0 Å². The highest BCUT2D eigenvalue weighted by Gasteiger charge is 2.19. The smallest absolute Gasteiger partial charge is 0.125 e. The van der Waals surface area contributed by atoms with Crippen molar-refractivity contribution in [3.8, 4) is 0 Å². The first-order chi connectivity index (χ1) is 8.24. The predicted molar refractivity (Wildman–Crippen MR) is 80.4 cm³/mol. The molecule has 0 bridgehead atoms. The van der Waals surface area contributed by atoms with E-state index in [0.717, 1.165) is 5.82 Å². The molecule has 0 aromatic carbocycles. The summed E-state index contributed by atoms with van der Waals surface area (Å²) in [6, 6.07) is 4.05. The van der Waals surface area contributed by atoms with Gasteiger partial charge < -0.3 is 10.4 Å². The summed E-state index contributed by atoms with van der Waals surface area (Å²) in [6.07, 6.45) is 3.89. The van der Waals surface area contributed by atoms with E-state index in [-0.39, 0.29) is 5.41 Å². The fraction of sp³-hybridized carbons (Fsp3) is 0.643. The van der Waals surface area contributed by atoms with Crippen molar-refractivity contribution >= 4 is 17.6 Å². The van der Waals surface area contributed by atoms with Crippen LogP contribution in [0.15, 0.2) is 18.3 Å². The molecule has 1 aromatic heterocycles. The molecule has 18 heavy (non-hydrogen) atoms. The zero-order chi connectivity index (χ0) is 13.8. The van der Waals surface area contributed by atoms with Gasteiger partial charge in [-0.05, 0) is 30.2 Å². The van der Waals surface area contributed by atoms with Crippen molar-refractivity contribution in [2.75, 3.05) is 23.9 Å². The molecular weight excluding hydrogens is 244 g/mol. The van der Waals surface area contributed by atoms with E-state index < -0.39 is 5.60 Å². The van der Waals surface area contributed by atoms with Crippen LogP contribution in [0.1, 0.15) is 33.3 Å². The Balaban J connectivity index is 2.60. The van der Waals surface area contributed by atoms with Crippen LogP contribution >= 0.6 is 11.8 Å². The van der Waals surface area contributed by atoms with E-state index in [2.05, 4.69) is 37.1 Å². The summed E-state index contributed by atoms with van der Waals surface area (Å²) in [7, 11) is 0. The zero-order valence-electron chi connectivity index (χ0n) is 11.9. The molecule has 0 fully saturated rings. The summed E-state index contributed by atoms with van der Waals surface area (Å²) < 4.78 is 0. The van der Waals surface area contributed by atoms with Crippen LogP contribution < -0.4 is 5.32 Å². The first-order valence-corrected chi connectivity index (χ1v) is 7.56. The molecule has 4 heteroatoms. The summed E-state index contributed by atoms with van der Waals surface area (Å²) in [5.74, 6) is 1.52. The van der Waals surface area contributed by atoms with Gasteiger partial charge in [0.1, 0.15) is 5.82 Å². The molecule has 3 nitrogen and oxygen atoms in total. The fourth-order valence-electron chi connectivity index (χ4n) is 1.59. The normalized spacial score (nSPS) is 15.2. The van der Waals surface area contributed by atoms with Gasteiger partial charge in [-0.2, -0.15) is 11.8 Å². The Hall–Kier alpha value is -0.740. The van der Waals surface area contributed by atoms with Crippen LogP contribution in [-0.4, -0.2) is 34.2 Å². The van der Waals surface area contributed by atoms with Gasteiger partial charge in [0.05, 0.1) is 5.60 Å². The van der Waals surface area contributed by atoms with Gasteiger partial charge >= 0.3 is 0 Å². The second-order valence-corrected chi connectivity index (χ2v) is 6.83. The van der Waals surface area contributed by atoms with E-state index in [1.165, 1.54) is 5.56 Å². The molecule has 0 aliphatic heterocycles. The summed E-state index contributed by atoms with van der Waals surface area (Å²) in [4.78, 5) is 4.38. The molecule has 0 saturated carbocycles. The van der Waals surface area contributed by atoms with E-state index in [0.29, 0.717) is 12.3 Å². The van der Waals surface area contributed by atoms with Crippen molar-refractivity contribution in [1.82, 2.24) is 4.98 Å². The van der Waals surface area contributed by atoms with E-state index in [1.807, 2.05) is 25.4 Å². The number of aromatic nitrogens is 1. The van der Waals surface area contributed by atoms with Crippen molar-refractivity contribution in [3.05, 3.63) is 23.9 Å². The Morgan fingerprint density at radius 3 is 2.39 bits per heavy atom. The monoisotopic (exact) mass is 268 g/mol. The van der Waals surface area contributed by atoms with E-state index in [9.17, 15) is 5.11 Å². The maximum Gasteiger partial charge on any atom is 0.125 e. The number of anilines is 1. The molecule has 0 aliphatic rings. The number of hydrogen-bond donors (Lipinski definition) is 2. The minimum Gasteiger partial charge on any atom is -0.387 e. The van der Waals surface area contributed by atoms with Crippen LogP contribution in [0, 0.1) is 0 Å². The first kappa shape index (κ1) is 15.3. The van der Waals surface area contributed by atoms with Gasteiger partial charge in [0.2, 0.25) is 0 Å². The standard InChI is InChI=1S/C14H24N2OS/c1-13(2,3)11-6-7-12(15-8-11)16-9-14(4,17)10-18-5/h6-8,17H,9-10H2,1-5H3,(H,15,16). The molecule has 1 aromatic rings. The van der Waals surface area contributed by atoms with Crippen molar-refractivity contribution in [2.24, 2.45) is 0 Å². The highest BCUT2D eigenvalue weighted by Crippen LogP contribution is 2.22. The molecule has 102 valence electrons. The Labute approximate surface area is 114 Å². The van der Waals surface area contributed by atoms with Crippen LogP contribution in [0.2, 0.25) is 0 Å². The fourth-order valence-corrected chi connectivity index (χ4v) is 2.31. The Morgan fingerprint density at radius 1 is 1.28 bits per heavy atom. The predicted octanol–water partition coefficient (Wildman–Crippen LogP) is 2.91. The van der Waals surface area contributed by atoms with E-state index in [4.69, 9.17) is 0 Å². The largest absolute Gasteiger partial charge is 0.387 e. The Morgan fingerprint density at radius 2 is 1.94 bits per heavy atom. The topological polar surface area (TPSA) is 45.1 Å². The third-order valence-corrected chi connectivity index (χ3v) is 3.65. The van der Waals surface area contributed by atoms with Gasteiger partial charge in [0.15, 0.2) is 0 Å².